The van der Waals surface area contributed by atoms with Gasteiger partial charge in [0.25, 0.3) is 0 Å². The molecule has 2 nitrogen and oxygen atoms in total. The minimum absolute atomic E-state index is 0.314. The van der Waals surface area contributed by atoms with Crippen molar-refractivity contribution in [3.8, 4) is 11.5 Å². The first-order valence-corrected chi connectivity index (χ1v) is 6.10. The number of phenolic OH excluding ortho intramolecular Hbond substituents is 1. The summed E-state index contributed by atoms with van der Waals surface area (Å²) >= 11 is 0. The van der Waals surface area contributed by atoms with Crippen LogP contribution in [0.2, 0.25) is 0 Å². The second-order valence-corrected chi connectivity index (χ2v) is 4.02. The molecular weight excluding hydrogens is 200 g/mol. The summed E-state index contributed by atoms with van der Waals surface area (Å²) in [5.74, 6) is 2.10. The van der Waals surface area contributed by atoms with Gasteiger partial charge in [0.15, 0.2) is 11.5 Å². The molecule has 1 atom stereocenters. The predicted octanol–water partition coefficient (Wildman–Crippen LogP) is 3.94. The molecule has 1 saturated carbocycles. The van der Waals surface area contributed by atoms with Crippen LogP contribution >= 0.6 is 0 Å². The Morgan fingerprint density at radius 3 is 2.44 bits per heavy atom. The van der Waals surface area contributed by atoms with Crippen molar-refractivity contribution in [3.63, 3.8) is 0 Å². The Balaban J connectivity index is 0.000000606. The number of para-hydroxylation sites is 1. The molecule has 2 rings (SSSR count). The van der Waals surface area contributed by atoms with E-state index in [1.807, 2.05) is 26.0 Å². The molecule has 16 heavy (non-hydrogen) atoms. The van der Waals surface area contributed by atoms with Crippen LogP contribution in [0.5, 0.6) is 11.5 Å². The molecule has 1 aliphatic rings. The summed E-state index contributed by atoms with van der Waals surface area (Å²) in [6.45, 7) is 6.17. The summed E-state index contributed by atoms with van der Waals surface area (Å²) in [7, 11) is 1.58. The van der Waals surface area contributed by atoms with Crippen LogP contribution < -0.4 is 4.74 Å². The molecule has 1 aromatic carbocycles. The first kappa shape index (κ1) is 12.9. The van der Waals surface area contributed by atoms with Gasteiger partial charge in [-0.1, -0.05) is 32.9 Å². The first-order chi connectivity index (χ1) is 7.74. The van der Waals surface area contributed by atoms with Crippen molar-refractivity contribution in [1.82, 2.24) is 0 Å². The van der Waals surface area contributed by atoms with Gasteiger partial charge in [-0.2, -0.15) is 0 Å². The van der Waals surface area contributed by atoms with E-state index in [1.165, 1.54) is 12.8 Å². The van der Waals surface area contributed by atoms with Crippen LogP contribution in [-0.4, -0.2) is 12.2 Å². The van der Waals surface area contributed by atoms with Gasteiger partial charge in [0.1, 0.15) is 0 Å². The average Bonchev–Trinajstić information content (AvgIpc) is 3.15. The van der Waals surface area contributed by atoms with Crippen molar-refractivity contribution >= 4 is 0 Å². The third kappa shape index (κ3) is 2.69. The first-order valence-electron chi connectivity index (χ1n) is 6.10. The molecule has 0 heterocycles. The van der Waals surface area contributed by atoms with Gasteiger partial charge >= 0.3 is 0 Å². The van der Waals surface area contributed by atoms with Crippen LogP contribution in [0.25, 0.3) is 0 Å². The van der Waals surface area contributed by atoms with E-state index in [9.17, 15) is 5.11 Å². The van der Waals surface area contributed by atoms with E-state index in [0.717, 1.165) is 11.5 Å². The Morgan fingerprint density at radius 1 is 1.31 bits per heavy atom. The molecule has 2 heteroatoms. The number of methoxy groups -OCH3 is 1. The molecular formula is C14H22O2. The number of hydrogen-bond acceptors (Lipinski definition) is 2. The zero-order chi connectivity index (χ0) is 12.1. The topological polar surface area (TPSA) is 29.5 Å². The summed E-state index contributed by atoms with van der Waals surface area (Å²) in [4.78, 5) is 0. The van der Waals surface area contributed by atoms with Crippen molar-refractivity contribution in [3.05, 3.63) is 23.8 Å². The standard InChI is InChI=1S/C12H16O2.C2H6/c1-8(9-6-7-9)10-4-3-5-11(14-2)12(10)13;1-2/h3-5,8-9,13H,6-7H2,1-2H3;1-2H3/t8-;/m0./s1. The number of aromatic hydroxyl groups is 1. The molecule has 0 saturated heterocycles. The van der Waals surface area contributed by atoms with Gasteiger partial charge in [0.05, 0.1) is 7.11 Å². The van der Waals surface area contributed by atoms with Crippen molar-refractivity contribution in [2.24, 2.45) is 5.92 Å². The number of rotatable bonds is 3. The molecule has 1 aromatic rings. The van der Waals surface area contributed by atoms with Crippen LogP contribution in [0.3, 0.4) is 0 Å². The van der Waals surface area contributed by atoms with Crippen molar-refractivity contribution in [2.45, 2.75) is 39.5 Å². The molecule has 0 spiro atoms. The minimum Gasteiger partial charge on any atom is -0.504 e. The lowest BCUT2D eigenvalue weighted by Crippen LogP contribution is -1.97. The third-order valence-corrected chi connectivity index (χ3v) is 3.07. The Labute approximate surface area is 98.3 Å². The van der Waals surface area contributed by atoms with Gasteiger partial charge in [0, 0.05) is 5.56 Å². The second-order valence-electron chi connectivity index (χ2n) is 4.02. The molecule has 0 unspecified atom stereocenters. The average molecular weight is 222 g/mol. The van der Waals surface area contributed by atoms with Crippen LogP contribution in [0, 0.1) is 5.92 Å². The van der Waals surface area contributed by atoms with E-state index in [2.05, 4.69) is 6.92 Å². The lowest BCUT2D eigenvalue weighted by molar-refractivity contribution is 0.368. The lowest BCUT2D eigenvalue weighted by Gasteiger charge is -2.14. The quantitative estimate of drug-likeness (QED) is 0.839. The Morgan fingerprint density at radius 2 is 1.94 bits per heavy atom. The molecule has 1 fully saturated rings. The molecule has 0 radical (unpaired) electrons. The van der Waals surface area contributed by atoms with E-state index >= 15 is 0 Å². The third-order valence-electron chi connectivity index (χ3n) is 3.07. The van der Waals surface area contributed by atoms with Crippen LogP contribution in [0.4, 0.5) is 0 Å². The SMILES string of the molecule is CC.COc1cccc([C@@H](C)C2CC2)c1O. The van der Waals surface area contributed by atoms with Crippen LogP contribution in [-0.2, 0) is 0 Å². The summed E-state index contributed by atoms with van der Waals surface area (Å²) < 4.78 is 5.09. The van der Waals surface area contributed by atoms with E-state index in [4.69, 9.17) is 4.74 Å². The van der Waals surface area contributed by atoms with Gasteiger partial charge < -0.3 is 9.84 Å². The predicted molar refractivity (Wildman–Crippen MR) is 67.1 cm³/mol. The van der Waals surface area contributed by atoms with E-state index in [1.54, 1.807) is 13.2 Å². The highest BCUT2D eigenvalue weighted by Gasteiger charge is 2.30. The molecule has 0 aliphatic heterocycles. The highest BCUT2D eigenvalue weighted by atomic mass is 16.5. The zero-order valence-corrected chi connectivity index (χ0v) is 10.7. The van der Waals surface area contributed by atoms with Gasteiger partial charge in [-0.05, 0) is 30.7 Å². The van der Waals surface area contributed by atoms with Gasteiger partial charge in [-0.3, -0.25) is 0 Å². The second kappa shape index (κ2) is 5.78. The molecule has 1 N–H and O–H groups in total. The monoisotopic (exact) mass is 222 g/mol. The Bertz CT molecular complexity index is 330. The maximum atomic E-state index is 9.91. The Hall–Kier alpha value is -1.18. The van der Waals surface area contributed by atoms with Crippen LogP contribution in [0.15, 0.2) is 18.2 Å². The van der Waals surface area contributed by atoms with Gasteiger partial charge in [0.2, 0.25) is 0 Å². The minimum atomic E-state index is 0.314. The molecule has 0 amide bonds. The molecule has 0 aromatic heterocycles. The maximum Gasteiger partial charge on any atom is 0.161 e. The summed E-state index contributed by atoms with van der Waals surface area (Å²) in [5, 5.41) is 9.91. The van der Waals surface area contributed by atoms with Crippen molar-refractivity contribution in [1.29, 1.82) is 0 Å². The normalized spacial score (nSPS) is 16.0. The van der Waals surface area contributed by atoms with E-state index < -0.39 is 0 Å². The smallest absolute Gasteiger partial charge is 0.161 e. The highest BCUT2D eigenvalue weighted by molar-refractivity contribution is 5.47. The lowest BCUT2D eigenvalue weighted by atomic mass is 9.95. The fraction of sp³-hybridized carbons (Fsp3) is 0.571. The fourth-order valence-electron chi connectivity index (χ4n) is 1.92. The zero-order valence-electron chi connectivity index (χ0n) is 10.7. The highest BCUT2D eigenvalue weighted by Crippen LogP contribution is 2.46. The maximum absolute atomic E-state index is 9.91. The molecule has 0 bridgehead atoms. The van der Waals surface area contributed by atoms with E-state index in [0.29, 0.717) is 17.4 Å². The molecule has 1 aliphatic carbocycles. The van der Waals surface area contributed by atoms with Crippen molar-refractivity contribution in [2.75, 3.05) is 7.11 Å². The number of ether oxygens (including phenoxy) is 1. The Kier molecular flexibility index (Phi) is 4.66. The molecule has 90 valence electrons. The summed E-state index contributed by atoms with van der Waals surface area (Å²) in [6.07, 6.45) is 2.58. The van der Waals surface area contributed by atoms with Gasteiger partial charge in [-0.25, -0.2) is 0 Å². The van der Waals surface area contributed by atoms with Crippen LogP contribution in [0.1, 0.15) is 45.1 Å². The number of phenols is 1. The largest absolute Gasteiger partial charge is 0.504 e. The van der Waals surface area contributed by atoms with Gasteiger partial charge in [-0.15, -0.1) is 0 Å². The summed E-state index contributed by atoms with van der Waals surface area (Å²) in [5.41, 5.74) is 1.02. The fourth-order valence-corrected chi connectivity index (χ4v) is 1.92. The summed E-state index contributed by atoms with van der Waals surface area (Å²) in [6, 6.07) is 5.71. The number of hydrogen-bond donors (Lipinski definition) is 1. The van der Waals surface area contributed by atoms with Crippen molar-refractivity contribution < 1.29 is 9.84 Å². The number of benzene rings is 1. The van der Waals surface area contributed by atoms with E-state index in [-0.39, 0.29) is 0 Å².